The van der Waals surface area contributed by atoms with Gasteiger partial charge in [0.1, 0.15) is 11.6 Å². The standard InChI is InChI=1S/C16H12F2N2S3/c17-13-5-1-3-11(7-13)9-21-15-19-20-16(23-15)22-10-12-4-2-6-14(18)8-12/h1-8H,9-10H2. The number of hydrogen-bond donors (Lipinski definition) is 0. The largest absolute Gasteiger partial charge is 0.207 e. The zero-order chi connectivity index (χ0) is 16.1. The van der Waals surface area contributed by atoms with Crippen molar-refractivity contribution in [3.63, 3.8) is 0 Å². The van der Waals surface area contributed by atoms with Gasteiger partial charge in [-0.05, 0) is 35.4 Å². The number of thioether (sulfide) groups is 2. The Morgan fingerprint density at radius 1 is 0.783 bits per heavy atom. The molecule has 0 fully saturated rings. The van der Waals surface area contributed by atoms with Crippen molar-refractivity contribution in [1.82, 2.24) is 10.2 Å². The Morgan fingerprint density at radius 3 is 1.70 bits per heavy atom. The van der Waals surface area contributed by atoms with Gasteiger partial charge >= 0.3 is 0 Å². The van der Waals surface area contributed by atoms with Gasteiger partial charge in [-0.1, -0.05) is 59.1 Å². The Kier molecular flexibility index (Phi) is 5.64. The third-order valence-electron chi connectivity index (χ3n) is 2.89. The van der Waals surface area contributed by atoms with Gasteiger partial charge in [0.2, 0.25) is 0 Å². The minimum absolute atomic E-state index is 0.230. The van der Waals surface area contributed by atoms with E-state index in [0.29, 0.717) is 11.5 Å². The summed E-state index contributed by atoms with van der Waals surface area (Å²) in [5.41, 5.74) is 1.83. The monoisotopic (exact) mass is 366 g/mol. The smallest absolute Gasteiger partial charge is 0.175 e. The summed E-state index contributed by atoms with van der Waals surface area (Å²) in [7, 11) is 0. The normalized spacial score (nSPS) is 10.9. The third kappa shape index (κ3) is 5.02. The molecule has 23 heavy (non-hydrogen) atoms. The van der Waals surface area contributed by atoms with Crippen LogP contribution in [0.1, 0.15) is 11.1 Å². The van der Waals surface area contributed by atoms with Crippen LogP contribution in [0.25, 0.3) is 0 Å². The molecule has 3 rings (SSSR count). The number of halogens is 2. The molecule has 2 aromatic carbocycles. The summed E-state index contributed by atoms with van der Waals surface area (Å²) in [4.78, 5) is 0. The van der Waals surface area contributed by atoms with Crippen molar-refractivity contribution in [2.45, 2.75) is 20.2 Å². The molecule has 0 aliphatic rings. The second-order valence-electron chi connectivity index (χ2n) is 4.67. The van der Waals surface area contributed by atoms with E-state index in [2.05, 4.69) is 10.2 Å². The highest BCUT2D eigenvalue weighted by Gasteiger charge is 2.07. The summed E-state index contributed by atoms with van der Waals surface area (Å²) in [5, 5.41) is 8.25. The van der Waals surface area contributed by atoms with E-state index < -0.39 is 0 Å². The minimum Gasteiger partial charge on any atom is -0.207 e. The molecule has 118 valence electrons. The van der Waals surface area contributed by atoms with E-state index in [0.717, 1.165) is 19.8 Å². The first kappa shape index (κ1) is 16.4. The van der Waals surface area contributed by atoms with Crippen molar-refractivity contribution in [3.8, 4) is 0 Å². The van der Waals surface area contributed by atoms with Gasteiger partial charge in [0.05, 0.1) is 0 Å². The average Bonchev–Trinajstić information content (AvgIpc) is 2.99. The molecular formula is C16H12F2N2S3. The first-order chi connectivity index (χ1) is 11.2. The summed E-state index contributed by atoms with van der Waals surface area (Å²) < 4.78 is 27.9. The zero-order valence-corrected chi connectivity index (χ0v) is 14.4. The molecule has 0 saturated heterocycles. The lowest BCUT2D eigenvalue weighted by molar-refractivity contribution is 0.626. The lowest BCUT2D eigenvalue weighted by Crippen LogP contribution is -1.82. The van der Waals surface area contributed by atoms with Gasteiger partial charge in [0.25, 0.3) is 0 Å². The Balaban J connectivity index is 1.53. The first-order valence-electron chi connectivity index (χ1n) is 6.77. The summed E-state index contributed by atoms with van der Waals surface area (Å²) in [6.07, 6.45) is 0. The van der Waals surface area contributed by atoms with E-state index in [9.17, 15) is 8.78 Å². The third-order valence-corrected chi connectivity index (χ3v) is 6.22. The molecule has 0 atom stereocenters. The molecule has 0 spiro atoms. The molecule has 0 amide bonds. The van der Waals surface area contributed by atoms with E-state index in [1.54, 1.807) is 12.1 Å². The van der Waals surface area contributed by atoms with Crippen LogP contribution in [-0.2, 0) is 11.5 Å². The van der Waals surface area contributed by atoms with Gasteiger partial charge in [-0.2, -0.15) is 0 Å². The highest BCUT2D eigenvalue weighted by molar-refractivity contribution is 8.02. The zero-order valence-electron chi connectivity index (χ0n) is 11.9. The molecule has 1 aromatic heterocycles. The quantitative estimate of drug-likeness (QED) is 0.546. The molecule has 3 aromatic rings. The van der Waals surface area contributed by atoms with Crippen LogP contribution in [-0.4, -0.2) is 10.2 Å². The maximum atomic E-state index is 13.1. The number of hydrogen-bond acceptors (Lipinski definition) is 5. The van der Waals surface area contributed by atoms with E-state index in [1.165, 1.54) is 59.1 Å². The number of aromatic nitrogens is 2. The molecule has 1 heterocycles. The molecule has 0 unspecified atom stereocenters. The Hall–Kier alpha value is -1.44. The van der Waals surface area contributed by atoms with Crippen LogP contribution in [0.4, 0.5) is 8.78 Å². The fraction of sp³-hybridized carbons (Fsp3) is 0.125. The van der Waals surface area contributed by atoms with E-state index in [-0.39, 0.29) is 11.6 Å². The van der Waals surface area contributed by atoms with Crippen LogP contribution in [0, 0.1) is 11.6 Å². The highest BCUT2D eigenvalue weighted by Crippen LogP contribution is 2.32. The maximum absolute atomic E-state index is 13.1. The molecule has 0 radical (unpaired) electrons. The summed E-state index contributed by atoms with van der Waals surface area (Å²) in [6, 6.07) is 13.1. The first-order valence-corrected chi connectivity index (χ1v) is 9.56. The average molecular weight is 366 g/mol. The van der Waals surface area contributed by atoms with Crippen LogP contribution >= 0.6 is 34.9 Å². The number of rotatable bonds is 6. The van der Waals surface area contributed by atoms with Crippen LogP contribution in [0.3, 0.4) is 0 Å². The molecule has 0 N–H and O–H groups in total. The Morgan fingerprint density at radius 2 is 1.26 bits per heavy atom. The number of benzene rings is 2. The van der Waals surface area contributed by atoms with Crippen molar-refractivity contribution >= 4 is 34.9 Å². The molecule has 0 saturated carbocycles. The van der Waals surface area contributed by atoms with E-state index >= 15 is 0 Å². The van der Waals surface area contributed by atoms with E-state index in [4.69, 9.17) is 0 Å². The van der Waals surface area contributed by atoms with Gasteiger partial charge in [-0.15, -0.1) is 10.2 Å². The van der Waals surface area contributed by atoms with Gasteiger partial charge in [0.15, 0.2) is 8.68 Å². The van der Waals surface area contributed by atoms with Crippen molar-refractivity contribution < 1.29 is 8.78 Å². The van der Waals surface area contributed by atoms with Crippen molar-refractivity contribution in [2.24, 2.45) is 0 Å². The van der Waals surface area contributed by atoms with Crippen molar-refractivity contribution in [3.05, 3.63) is 71.3 Å². The fourth-order valence-electron chi connectivity index (χ4n) is 1.86. The summed E-state index contributed by atoms with van der Waals surface area (Å²) in [6.45, 7) is 0. The second kappa shape index (κ2) is 7.90. The molecule has 0 aliphatic carbocycles. The summed E-state index contributed by atoms with van der Waals surface area (Å²) >= 11 is 4.56. The highest BCUT2D eigenvalue weighted by atomic mass is 32.2. The van der Waals surface area contributed by atoms with Crippen LogP contribution in [0.5, 0.6) is 0 Å². The van der Waals surface area contributed by atoms with Crippen molar-refractivity contribution in [1.29, 1.82) is 0 Å². The molecule has 7 heteroatoms. The Bertz CT molecular complexity index is 728. The number of nitrogens with zero attached hydrogens (tertiary/aromatic N) is 2. The molecular weight excluding hydrogens is 354 g/mol. The SMILES string of the molecule is Fc1cccc(CSc2nnc(SCc3cccc(F)c3)s2)c1. The maximum Gasteiger partial charge on any atom is 0.175 e. The van der Waals surface area contributed by atoms with Gasteiger partial charge in [-0.3, -0.25) is 0 Å². The lowest BCUT2D eigenvalue weighted by Gasteiger charge is -1.98. The van der Waals surface area contributed by atoms with Crippen LogP contribution < -0.4 is 0 Å². The molecule has 2 nitrogen and oxygen atoms in total. The second-order valence-corrected chi connectivity index (χ2v) is 8.09. The van der Waals surface area contributed by atoms with Gasteiger partial charge < -0.3 is 0 Å². The van der Waals surface area contributed by atoms with Gasteiger partial charge in [-0.25, -0.2) is 8.78 Å². The van der Waals surface area contributed by atoms with Gasteiger partial charge in [0, 0.05) is 11.5 Å². The lowest BCUT2D eigenvalue weighted by atomic mass is 10.2. The summed E-state index contributed by atoms with van der Waals surface area (Å²) in [5.74, 6) is 0.848. The topological polar surface area (TPSA) is 25.8 Å². The minimum atomic E-state index is -0.230. The molecule has 0 bridgehead atoms. The predicted octanol–water partition coefficient (Wildman–Crippen LogP) is 5.40. The van der Waals surface area contributed by atoms with Crippen LogP contribution in [0.2, 0.25) is 0 Å². The Labute approximate surface area is 145 Å². The predicted molar refractivity (Wildman–Crippen MR) is 91.8 cm³/mol. The van der Waals surface area contributed by atoms with Crippen molar-refractivity contribution in [2.75, 3.05) is 0 Å². The fourth-order valence-corrected chi connectivity index (χ4v) is 4.76. The van der Waals surface area contributed by atoms with E-state index in [1.807, 2.05) is 12.1 Å². The van der Waals surface area contributed by atoms with Crippen LogP contribution in [0.15, 0.2) is 57.2 Å². The molecule has 0 aliphatic heterocycles.